The molecule has 10 nitrogen and oxygen atoms in total. The van der Waals surface area contributed by atoms with Crippen LogP contribution < -0.4 is 5.32 Å². The normalized spacial score (nSPS) is 12.9. The van der Waals surface area contributed by atoms with Gasteiger partial charge in [0.2, 0.25) is 6.10 Å². The molecule has 1 rings (SSSR count). The summed E-state index contributed by atoms with van der Waals surface area (Å²) in [5.41, 5.74) is -0.828. The zero-order valence-electron chi connectivity index (χ0n) is 12.0. The molecule has 0 amide bonds. The zero-order chi connectivity index (χ0) is 17.6. The number of para-hydroxylation sites is 1. The van der Waals surface area contributed by atoms with Crippen molar-refractivity contribution in [3.05, 3.63) is 39.9 Å². The first-order chi connectivity index (χ1) is 10.8. The maximum atomic E-state index is 11.7. The van der Waals surface area contributed by atoms with Crippen molar-refractivity contribution in [1.29, 1.82) is 0 Å². The summed E-state index contributed by atoms with van der Waals surface area (Å²) in [4.78, 5) is 44.0. The number of carbonyl (C=O) groups excluding carboxylic acids is 1. The molecule has 10 heteroatoms. The molecule has 1 aromatic rings. The highest BCUT2D eigenvalue weighted by Crippen LogP contribution is 2.28. The van der Waals surface area contributed by atoms with Gasteiger partial charge in [-0.25, -0.2) is 4.79 Å². The number of nitrogens with zero attached hydrogens (tertiary/aromatic N) is 1. The van der Waals surface area contributed by atoms with Crippen molar-refractivity contribution in [2.75, 3.05) is 7.05 Å². The molecule has 0 aliphatic rings. The van der Waals surface area contributed by atoms with Crippen LogP contribution in [0, 0.1) is 10.1 Å². The van der Waals surface area contributed by atoms with Crippen LogP contribution in [-0.2, 0) is 19.1 Å². The predicted molar refractivity (Wildman–Crippen MR) is 74.7 cm³/mol. The fourth-order valence-electron chi connectivity index (χ4n) is 1.78. The van der Waals surface area contributed by atoms with E-state index < -0.39 is 47.1 Å². The van der Waals surface area contributed by atoms with Gasteiger partial charge in [0.1, 0.15) is 6.04 Å². The van der Waals surface area contributed by atoms with E-state index in [2.05, 4.69) is 5.32 Å². The van der Waals surface area contributed by atoms with Crippen LogP contribution >= 0.6 is 0 Å². The molecule has 0 aromatic heterocycles. The van der Waals surface area contributed by atoms with Gasteiger partial charge in [-0.1, -0.05) is 12.1 Å². The van der Waals surface area contributed by atoms with Crippen molar-refractivity contribution < 1.29 is 34.3 Å². The number of nitro benzene ring substituents is 1. The van der Waals surface area contributed by atoms with Crippen molar-refractivity contribution >= 4 is 23.6 Å². The standard InChI is InChI=1S/C13H14N2O8/c1-14-8(12(17)18)6-10(16)23-11(13(19)20)7-4-2-3-5-9(7)15(21)22/h2-5,8,11,14H,6H2,1H3,(H,17,18)(H,19,20)/t8-,11?/m1/s1. The molecule has 0 radical (unpaired) electrons. The molecule has 1 aromatic carbocycles. The van der Waals surface area contributed by atoms with Gasteiger partial charge in [0.15, 0.2) is 0 Å². The Kier molecular flexibility index (Phi) is 6.15. The van der Waals surface area contributed by atoms with Crippen molar-refractivity contribution in [2.45, 2.75) is 18.6 Å². The third kappa shape index (κ3) is 4.74. The molecule has 23 heavy (non-hydrogen) atoms. The predicted octanol–water partition coefficient (Wildman–Crippen LogP) is 0.326. The van der Waals surface area contributed by atoms with E-state index in [1.165, 1.54) is 19.2 Å². The molecule has 0 spiro atoms. The van der Waals surface area contributed by atoms with Gasteiger partial charge in [-0.15, -0.1) is 0 Å². The largest absolute Gasteiger partial charge is 0.480 e. The maximum absolute atomic E-state index is 11.7. The van der Waals surface area contributed by atoms with Crippen LogP contribution in [0.4, 0.5) is 5.69 Å². The van der Waals surface area contributed by atoms with Crippen molar-refractivity contribution in [3.8, 4) is 0 Å². The van der Waals surface area contributed by atoms with E-state index in [1.54, 1.807) is 0 Å². The summed E-state index contributed by atoms with van der Waals surface area (Å²) in [5, 5.41) is 31.3. The van der Waals surface area contributed by atoms with Gasteiger partial charge < -0.3 is 20.3 Å². The smallest absolute Gasteiger partial charge is 0.350 e. The first kappa shape index (κ1) is 18.0. The van der Waals surface area contributed by atoms with E-state index >= 15 is 0 Å². The Morgan fingerprint density at radius 1 is 1.26 bits per heavy atom. The Balaban J connectivity index is 3.01. The summed E-state index contributed by atoms with van der Waals surface area (Å²) in [7, 11) is 1.31. The summed E-state index contributed by atoms with van der Waals surface area (Å²) in [6, 6.07) is 3.66. The maximum Gasteiger partial charge on any atom is 0.350 e. The van der Waals surface area contributed by atoms with Crippen LogP contribution in [0.15, 0.2) is 24.3 Å². The molecule has 2 atom stereocenters. The minimum absolute atomic E-state index is 0.310. The minimum atomic E-state index is -1.91. The number of hydrogen-bond acceptors (Lipinski definition) is 7. The minimum Gasteiger partial charge on any atom is -0.480 e. The van der Waals surface area contributed by atoms with Crippen molar-refractivity contribution in [2.24, 2.45) is 0 Å². The third-order valence-corrected chi connectivity index (χ3v) is 2.91. The summed E-state index contributed by atoms with van der Waals surface area (Å²) in [5.74, 6) is -4.04. The summed E-state index contributed by atoms with van der Waals surface area (Å²) < 4.78 is 4.73. The van der Waals surface area contributed by atoms with Gasteiger partial charge in [-0.3, -0.25) is 19.7 Å². The number of benzene rings is 1. The monoisotopic (exact) mass is 326 g/mol. The van der Waals surface area contributed by atoms with E-state index in [-0.39, 0.29) is 5.56 Å². The SMILES string of the molecule is CN[C@H](CC(=O)OC(C(=O)O)c1ccccc1[N+](=O)[O-])C(=O)O. The number of rotatable bonds is 8. The highest BCUT2D eigenvalue weighted by Gasteiger charge is 2.32. The van der Waals surface area contributed by atoms with E-state index in [4.69, 9.17) is 14.9 Å². The molecule has 0 fully saturated rings. The zero-order valence-corrected chi connectivity index (χ0v) is 12.0. The number of carboxylic acids is 2. The highest BCUT2D eigenvalue weighted by atomic mass is 16.6. The van der Waals surface area contributed by atoms with Crippen LogP contribution in [-0.4, -0.2) is 46.1 Å². The quantitative estimate of drug-likeness (QED) is 0.348. The van der Waals surface area contributed by atoms with Crippen LogP contribution in [0.1, 0.15) is 18.1 Å². The fourth-order valence-corrected chi connectivity index (χ4v) is 1.78. The Morgan fingerprint density at radius 2 is 1.87 bits per heavy atom. The lowest BCUT2D eigenvalue weighted by Gasteiger charge is -2.16. The Hall–Kier alpha value is -3.01. The Bertz CT molecular complexity index is 630. The number of nitrogens with one attached hydrogen (secondary N) is 1. The van der Waals surface area contributed by atoms with Crippen LogP contribution in [0.3, 0.4) is 0 Å². The molecule has 0 bridgehead atoms. The van der Waals surface area contributed by atoms with E-state index in [0.29, 0.717) is 0 Å². The Morgan fingerprint density at radius 3 is 2.35 bits per heavy atom. The second-order valence-corrected chi connectivity index (χ2v) is 4.41. The molecule has 3 N–H and O–H groups in total. The molecular weight excluding hydrogens is 312 g/mol. The van der Waals surface area contributed by atoms with Gasteiger partial charge >= 0.3 is 17.9 Å². The number of ether oxygens (including phenoxy) is 1. The number of esters is 1. The van der Waals surface area contributed by atoms with E-state index in [9.17, 15) is 24.5 Å². The number of nitro groups is 1. The summed E-state index contributed by atoms with van der Waals surface area (Å²) in [6.07, 6.45) is -2.54. The molecule has 0 aliphatic carbocycles. The highest BCUT2D eigenvalue weighted by molar-refractivity contribution is 5.84. The number of aliphatic carboxylic acids is 2. The van der Waals surface area contributed by atoms with Crippen molar-refractivity contribution in [1.82, 2.24) is 5.32 Å². The van der Waals surface area contributed by atoms with Crippen LogP contribution in [0.2, 0.25) is 0 Å². The molecule has 0 aliphatic heterocycles. The Labute approximate surface area is 129 Å². The van der Waals surface area contributed by atoms with Gasteiger partial charge in [0.25, 0.3) is 5.69 Å². The van der Waals surface area contributed by atoms with Crippen LogP contribution in [0.5, 0.6) is 0 Å². The average molecular weight is 326 g/mol. The van der Waals surface area contributed by atoms with Gasteiger partial charge in [-0.2, -0.15) is 0 Å². The topological polar surface area (TPSA) is 156 Å². The van der Waals surface area contributed by atoms with Crippen LogP contribution in [0.25, 0.3) is 0 Å². The van der Waals surface area contributed by atoms with Gasteiger partial charge in [0, 0.05) is 6.07 Å². The number of hydrogen-bond donors (Lipinski definition) is 3. The molecule has 0 heterocycles. The van der Waals surface area contributed by atoms with Gasteiger partial charge in [-0.05, 0) is 13.1 Å². The third-order valence-electron chi connectivity index (χ3n) is 2.91. The average Bonchev–Trinajstić information content (AvgIpc) is 2.49. The fraction of sp³-hybridized carbons (Fsp3) is 0.308. The van der Waals surface area contributed by atoms with Crippen molar-refractivity contribution in [3.63, 3.8) is 0 Å². The molecule has 1 unspecified atom stereocenters. The number of likely N-dealkylation sites (N-methyl/N-ethyl adjacent to an activating group) is 1. The van der Waals surface area contributed by atoms with Gasteiger partial charge in [0.05, 0.1) is 16.9 Å². The number of carbonyl (C=O) groups is 3. The molecule has 124 valence electrons. The molecule has 0 saturated carbocycles. The second-order valence-electron chi connectivity index (χ2n) is 4.41. The molecular formula is C13H14N2O8. The summed E-state index contributed by atoms with van der Waals surface area (Å²) in [6.45, 7) is 0. The summed E-state index contributed by atoms with van der Waals surface area (Å²) >= 11 is 0. The first-order valence-electron chi connectivity index (χ1n) is 6.33. The van der Waals surface area contributed by atoms with E-state index in [0.717, 1.165) is 12.1 Å². The van der Waals surface area contributed by atoms with E-state index in [1.807, 2.05) is 0 Å². The lowest BCUT2D eigenvalue weighted by Crippen LogP contribution is -2.37. The lowest BCUT2D eigenvalue weighted by molar-refractivity contribution is -0.386. The first-order valence-corrected chi connectivity index (χ1v) is 6.33. The number of carboxylic acid groups (broad SMARTS) is 2. The second kappa shape index (κ2) is 7.84. The lowest BCUT2D eigenvalue weighted by atomic mass is 10.1. The molecule has 0 saturated heterocycles.